The van der Waals surface area contributed by atoms with Crippen LogP contribution in [0.3, 0.4) is 0 Å². The van der Waals surface area contributed by atoms with Crippen molar-refractivity contribution in [3.63, 3.8) is 0 Å². The number of halogens is 1. The van der Waals surface area contributed by atoms with Gasteiger partial charge in [0.15, 0.2) is 5.82 Å². The molecule has 3 rings (SSSR count). The molecule has 0 aliphatic heterocycles. The minimum Gasteiger partial charge on any atom is -0.474 e. The van der Waals surface area contributed by atoms with E-state index in [1.807, 2.05) is 30.3 Å². The lowest BCUT2D eigenvalue weighted by molar-refractivity contribution is 0.148. The largest absolute Gasteiger partial charge is 0.474 e. The van der Waals surface area contributed by atoms with Gasteiger partial charge in [0, 0.05) is 11.6 Å². The van der Waals surface area contributed by atoms with Crippen molar-refractivity contribution in [1.29, 1.82) is 0 Å². The molecule has 0 spiro atoms. The summed E-state index contributed by atoms with van der Waals surface area (Å²) in [7, 11) is 0. The summed E-state index contributed by atoms with van der Waals surface area (Å²) >= 11 is 6.09. The number of aromatic nitrogens is 2. The second-order valence-electron chi connectivity index (χ2n) is 5.10. The Balaban J connectivity index is 1.83. The van der Waals surface area contributed by atoms with Crippen LogP contribution >= 0.6 is 11.6 Å². The fourth-order valence-electron chi connectivity index (χ4n) is 2.53. The van der Waals surface area contributed by atoms with Crippen molar-refractivity contribution in [1.82, 2.24) is 9.97 Å². The number of benzene rings is 1. The monoisotopic (exact) mass is 288 g/mol. The highest BCUT2D eigenvalue weighted by Gasteiger charge is 2.16. The van der Waals surface area contributed by atoms with Gasteiger partial charge in [0.25, 0.3) is 0 Å². The zero-order valence-corrected chi connectivity index (χ0v) is 12.0. The molecule has 1 heterocycles. The fourth-order valence-corrected chi connectivity index (χ4v) is 2.70. The van der Waals surface area contributed by atoms with E-state index in [9.17, 15) is 0 Å². The molecule has 3 nitrogen and oxygen atoms in total. The van der Waals surface area contributed by atoms with Crippen molar-refractivity contribution in [3.8, 4) is 17.3 Å². The van der Waals surface area contributed by atoms with Crippen molar-refractivity contribution >= 4 is 11.6 Å². The van der Waals surface area contributed by atoms with Gasteiger partial charge in [-0.15, -0.1) is 0 Å². The standard InChI is InChI=1S/C16H17ClN2O/c17-14-11-15(20-13-9-5-2-6-10-13)19-16(18-14)12-7-3-1-4-8-12/h1,3-4,7-8,11,13H,2,5-6,9-10H2. The first-order valence-electron chi connectivity index (χ1n) is 7.08. The van der Waals surface area contributed by atoms with Crippen LogP contribution < -0.4 is 4.74 Å². The van der Waals surface area contributed by atoms with Crippen LogP contribution in [-0.2, 0) is 0 Å². The summed E-state index contributed by atoms with van der Waals surface area (Å²) in [5, 5.41) is 0.421. The summed E-state index contributed by atoms with van der Waals surface area (Å²) in [6.45, 7) is 0. The highest BCUT2D eigenvalue weighted by atomic mass is 35.5. The highest BCUT2D eigenvalue weighted by Crippen LogP contribution is 2.25. The van der Waals surface area contributed by atoms with Gasteiger partial charge in [-0.2, -0.15) is 4.98 Å². The second-order valence-corrected chi connectivity index (χ2v) is 5.48. The van der Waals surface area contributed by atoms with E-state index in [4.69, 9.17) is 16.3 Å². The van der Waals surface area contributed by atoms with Crippen molar-refractivity contribution in [2.45, 2.75) is 38.2 Å². The molecule has 0 N–H and O–H groups in total. The van der Waals surface area contributed by atoms with E-state index in [0.717, 1.165) is 18.4 Å². The number of ether oxygens (including phenoxy) is 1. The third kappa shape index (κ3) is 3.28. The molecule has 1 aromatic carbocycles. The lowest BCUT2D eigenvalue weighted by atomic mass is 9.98. The lowest BCUT2D eigenvalue weighted by Crippen LogP contribution is -2.20. The number of hydrogen-bond acceptors (Lipinski definition) is 3. The van der Waals surface area contributed by atoms with Gasteiger partial charge < -0.3 is 4.74 Å². The average Bonchev–Trinajstić information content (AvgIpc) is 2.49. The average molecular weight is 289 g/mol. The first-order chi connectivity index (χ1) is 9.81. The van der Waals surface area contributed by atoms with E-state index in [0.29, 0.717) is 16.9 Å². The third-order valence-electron chi connectivity index (χ3n) is 3.54. The Morgan fingerprint density at radius 1 is 1.00 bits per heavy atom. The van der Waals surface area contributed by atoms with Gasteiger partial charge in [-0.1, -0.05) is 48.4 Å². The van der Waals surface area contributed by atoms with Gasteiger partial charge >= 0.3 is 0 Å². The molecule has 0 radical (unpaired) electrons. The smallest absolute Gasteiger partial charge is 0.218 e. The summed E-state index contributed by atoms with van der Waals surface area (Å²) in [4.78, 5) is 8.75. The highest BCUT2D eigenvalue weighted by molar-refractivity contribution is 6.29. The predicted molar refractivity (Wildman–Crippen MR) is 80.0 cm³/mol. The number of nitrogens with zero attached hydrogens (tertiary/aromatic N) is 2. The van der Waals surface area contributed by atoms with Crippen LogP contribution in [0.2, 0.25) is 5.15 Å². The van der Waals surface area contributed by atoms with Gasteiger partial charge in [0.05, 0.1) is 0 Å². The van der Waals surface area contributed by atoms with Gasteiger partial charge in [0.1, 0.15) is 11.3 Å². The van der Waals surface area contributed by atoms with Crippen molar-refractivity contribution < 1.29 is 4.74 Å². The topological polar surface area (TPSA) is 35.0 Å². The molecule has 1 aliphatic carbocycles. The zero-order chi connectivity index (χ0) is 13.8. The van der Waals surface area contributed by atoms with Crippen LogP contribution in [0.5, 0.6) is 5.88 Å². The van der Waals surface area contributed by atoms with E-state index in [1.165, 1.54) is 19.3 Å². The van der Waals surface area contributed by atoms with E-state index < -0.39 is 0 Å². The minimum absolute atomic E-state index is 0.262. The SMILES string of the molecule is Clc1cc(OC2CCCCC2)nc(-c2ccccc2)n1. The van der Waals surface area contributed by atoms with Gasteiger partial charge in [-0.3, -0.25) is 0 Å². The second kappa shape index (κ2) is 6.23. The van der Waals surface area contributed by atoms with Crippen LogP contribution in [0.25, 0.3) is 11.4 Å². The molecule has 1 fully saturated rings. The molecule has 2 aromatic rings. The Labute approximate surface area is 124 Å². The van der Waals surface area contributed by atoms with Gasteiger partial charge in [0.2, 0.25) is 5.88 Å². The van der Waals surface area contributed by atoms with Gasteiger partial charge in [-0.25, -0.2) is 4.98 Å². The summed E-state index contributed by atoms with van der Waals surface area (Å²) in [5.74, 6) is 1.19. The number of rotatable bonds is 3. The first kappa shape index (κ1) is 13.4. The van der Waals surface area contributed by atoms with E-state index in [1.54, 1.807) is 6.07 Å². The minimum atomic E-state index is 0.262. The van der Waals surface area contributed by atoms with Gasteiger partial charge in [-0.05, 0) is 25.7 Å². The number of hydrogen-bond donors (Lipinski definition) is 0. The lowest BCUT2D eigenvalue weighted by Gasteiger charge is -2.22. The summed E-state index contributed by atoms with van der Waals surface area (Å²) in [5.41, 5.74) is 0.948. The molecule has 4 heteroatoms. The third-order valence-corrected chi connectivity index (χ3v) is 3.74. The fraction of sp³-hybridized carbons (Fsp3) is 0.375. The van der Waals surface area contributed by atoms with Crippen molar-refractivity contribution in [3.05, 3.63) is 41.6 Å². The van der Waals surface area contributed by atoms with E-state index >= 15 is 0 Å². The van der Waals surface area contributed by atoms with E-state index in [-0.39, 0.29) is 6.10 Å². The molecule has 1 aromatic heterocycles. The Morgan fingerprint density at radius 2 is 1.75 bits per heavy atom. The van der Waals surface area contributed by atoms with Crippen LogP contribution in [0.4, 0.5) is 0 Å². The molecular formula is C16H17ClN2O. The maximum Gasteiger partial charge on any atom is 0.218 e. The van der Waals surface area contributed by atoms with Crippen molar-refractivity contribution in [2.75, 3.05) is 0 Å². The Hall–Kier alpha value is -1.61. The van der Waals surface area contributed by atoms with Crippen LogP contribution in [0, 0.1) is 0 Å². The summed E-state index contributed by atoms with van der Waals surface area (Å²) in [6, 6.07) is 11.5. The summed E-state index contributed by atoms with van der Waals surface area (Å²) < 4.78 is 5.96. The molecule has 20 heavy (non-hydrogen) atoms. The van der Waals surface area contributed by atoms with Crippen LogP contribution in [0.15, 0.2) is 36.4 Å². The molecular weight excluding hydrogens is 272 g/mol. The molecule has 0 bridgehead atoms. The Morgan fingerprint density at radius 3 is 2.50 bits per heavy atom. The molecule has 104 valence electrons. The maximum absolute atomic E-state index is 6.09. The molecule has 0 saturated heterocycles. The van der Waals surface area contributed by atoms with Crippen LogP contribution in [-0.4, -0.2) is 16.1 Å². The molecule has 0 unspecified atom stereocenters. The molecule has 0 amide bonds. The Kier molecular flexibility index (Phi) is 4.16. The molecule has 1 aliphatic rings. The summed E-state index contributed by atoms with van der Waals surface area (Å²) in [6.07, 6.45) is 6.23. The molecule has 0 atom stereocenters. The maximum atomic E-state index is 6.09. The molecule has 1 saturated carbocycles. The Bertz CT molecular complexity index is 568. The zero-order valence-electron chi connectivity index (χ0n) is 11.3. The normalized spacial score (nSPS) is 16.1. The first-order valence-corrected chi connectivity index (χ1v) is 7.46. The predicted octanol–water partition coefficient (Wildman–Crippen LogP) is 4.51. The van der Waals surface area contributed by atoms with Crippen LogP contribution in [0.1, 0.15) is 32.1 Å². The van der Waals surface area contributed by atoms with E-state index in [2.05, 4.69) is 9.97 Å². The quantitative estimate of drug-likeness (QED) is 0.780. The van der Waals surface area contributed by atoms with Crippen molar-refractivity contribution in [2.24, 2.45) is 0 Å².